The van der Waals surface area contributed by atoms with Crippen LogP contribution in [0.2, 0.25) is 5.02 Å². The second-order valence-corrected chi connectivity index (χ2v) is 7.51. The molecule has 2 N–H and O–H groups in total. The second kappa shape index (κ2) is 9.48. The lowest BCUT2D eigenvalue weighted by Gasteiger charge is -2.09. The Morgan fingerprint density at radius 1 is 1.33 bits per heavy atom. The van der Waals surface area contributed by atoms with Crippen LogP contribution in [0.4, 0.5) is 0 Å². The fraction of sp³-hybridized carbons (Fsp3) is 0.333. The zero-order valence-electron chi connectivity index (χ0n) is 15.2. The molecule has 27 heavy (non-hydrogen) atoms. The molecule has 9 heteroatoms. The lowest BCUT2D eigenvalue weighted by molar-refractivity contribution is 0.380. The fourth-order valence-corrected chi connectivity index (χ4v) is 3.33. The molecule has 0 aliphatic heterocycles. The van der Waals surface area contributed by atoms with Crippen molar-refractivity contribution >= 4 is 28.9 Å². The molecule has 2 aromatic heterocycles. The normalized spacial score (nSPS) is 11.6. The summed E-state index contributed by atoms with van der Waals surface area (Å²) < 4.78 is 5.29. The number of guanidine groups is 1. The number of nitrogens with zero attached hydrogens (tertiary/aromatic N) is 4. The van der Waals surface area contributed by atoms with Gasteiger partial charge in [0.15, 0.2) is 5.96 Å². The number of halogens is 1. The van der Waals surface area contributed by atoms with Gasteiger partial charge in [-0.25, -0.2) is 9.98 Å². The van der Waals surface area contributed by atoms with E-state index >= 15 is 0 Å². The summed E-state index contributed by atoms with van der Waals surface area (Å²) in [7, 11) is 0. The molecule has 0 bridgehead atoms. The number of nitrogens with one attached hydrogen (secondary N) is 2. The minimum Gasteiger partial charge on any atom is -0.357 e. The molecular weight excluding hydrogens is 384 g/mol. The molecule has 0 saturated carbocycles. The molecule has 1 aromatic carbocycles. The highest BCUT2D eigenvalue weighted by Crippen LogP contribution is 2.20. The van der Waals surface area contributed by atoms with Gasteiger partial charge >= 0.3 is 0 Å². The number of hydrogen-bond donors (Lipinski definition) is 2. The Morgan fingerprint density at radius 2 is 2.22 bits per heavy atom. The van der Waals surface area contributed by atoms with Crippen LogP contribution in [0, 0.1) is 6.92 Å². The summed E-state index contributed by atoms with van der Waals surface area (Å²) in [5, 5.41) is 12.2. The molecule has 7 nitrogen and oxygen atoms in total. The van der Waals surface area contributed by atoms with Gasteiger partial charge in [-0.2, -0.15) is 4.98 Å². The number of thiazole rings is 1. The average Bonchev–Trinajstić information content (AvgIpc) is 3.29. The monoisotopic (exact) mass is 404 g/mol. The van der Waals surface area contributed by atoms with Gasteiger partial charge in [-0.15, -0.1) is 11.3 Å². The van der Waals surface area contributed by atoms with E-state index < -0.39 is 0 Å². The third kappa shape index (κ3) is 5.77. The van der Waals surface area contributed by atoms with Crippen LogP contribution in [-0.2, 0) is 13.0 Å². The van der Waals surface area contributed by atoms with Gasteiger partial charge in [0.05, 0.1) is 5.01 Å². The highest BCUT2D eigenvalue weighted by atomic mass is 35.5. The molecule has 0 spiro atoms. The third-order valence-electron chi connectivity index (χ3n) is 3.57. The minimum atomic E-state index is 0.291. The molecule has 2 heterocycles. The second-order valence-electron chi connectivity index (χ2n) is 5.76. The topological polar surface area (TPSA) is 88.2 Å². The summed E-state index contributed by atoms with van der Waals surface area (Å²) in [4.78, 5) is 14.5. The molecule has 0 atom stereocenters. The number of aromatic nitrogens is 3. The predicted octanol–water partition coefficient (Wildman–Crippen LogP) is 3.45. The smallest absolute Gasteiger partial charge is 0.248 e. The Kier molecular flexibility index (Phi) is 6.78. The summed E-state index contributed by atoms with van der Waals surface area (Å²) >= 11 is 7.72. The molecule has 0 aliphatic carbocycles. The third-order valence-corrected chi connectivity index (χ3v) is 4.78. The fourth-order valence-electron chi connectivity index (χ4n) is 2.36. The average molecular weight is 405 g/mol. The quantitative estimate of drug-likeness (QED) is 0.463. The van der Waals surface area contributed by atoms with E-state index in [4.69, 9.17) is 16.1 Å². The van der Waals surface area contributed by atoms with Gasteiger partial charge in [0.2, 0.25) is 11.7 Å². The van der Waals surface area contributed by atoms with Crippen molar-refractivity contribution in [3.05, 3.63) is 51.3 Å². The van der Waals surface area contributed by atoms with E-state index in [0.29, 0.717) is 29.2 Å². The molecule has 142 valence electrons. The Bertz CT molecular complexity index is 907. The number of hydrogen-bond acceptors (Lipinski definition) is 6. The largest absolute Gasteiger partial charge is 0.357 e. The SMILES string of the molecule is CCNC(=NCc1nc(-c2cccc(Cl)c2)no1)NCCc1ncc(C)s1. The van der Waals surface area contributed by atoms with Gasteiger partial charge in [0, 0.05) is 41.2 Å². The Labute approximate surface area is 166 Å². The number of aliphatic imine (C=N–C) groups is 1. The van der Waals surface area contributed by atoms with Gasteiger partial charge in [0.25, 0.3) is 0 Å². The molecule has 0 saturated heterocycles. The first-order valence-electron chi connectivity index (χ1n) is 8.66. The van der Waals surface area contributed by atoms with Crippen molar-refractivity contribution in [3.8, 4) is 11.4 Å². The van der Waals surface area contributed by atoms with Crippen molar-refractivity contribution in [2.24, 2.45) is 4.99 Å². The molecule has 0 amide bonds. The van der Waals surface area contributed by atoms with E-state index in [2.05, 4.69) is 37.7 Å². The summed E-state index contributed by atoms with van der Waals surface area (Å²) in [6.45, 7) is 5.88. The Balaban J connectivity index is 1.58. The van der Waals surface area contributed by atoms with Crippen molar-refractivity contribution in [1.29, 1.82) is 0 Å². The van der Waals surface area contributed by atoms with Crippen molar-refractivity contribution in [2.75, 3.05) is 13.1 Å². The summed E-state index contributed by atoms with van der Waals surface area (Å²) in [5.74, 6) is 1.64. The van der Waals surface area contributed by atoms with E-state index in [1.807, 2.05) is 25.3 Å². The number of rotatable bonds is 7. The Morgan fingerprint density at radius 3 is 2.96 bits per heavy atom. The molecule has 0 fully saturated rings. The van der Waals surface area contributed by atoms with E-state index in [9.17, 15) is 0 Å². The highest BCUT2D eigenvalue weighted by molar-refractivity contribution is 7.11. The standard InChI is InChI=1S/C18H21ClN6OS/c1-3-20-18(21-8-7-16-22-10-12(2)27-16)23-11-15-24-17(25-26-15)13-5-4-6-14(19)9-13/h4-6,9-10H,3,7-8,11H2,1-2H3,(H2,20,21,23). The van der Waals surface area contributed by atoms with Gasteiger partial charge in [-0.05, 0) is 26.0 Å². The molecule has 0 unspecified atom stereocenters. The molecule has 3 rings (SSSR count). The lowest BCUT2D eigenvalue weighted by atomic mass is 10.2. The van der Waals surface area contributed by atoms with Crippen LogP contribution >= 0.6 is 22.9 Å². The van der Waals surface area contributed by atoms with Gasteiger partial charge in [-0.3, -0.25) is 0 Å². The summed E-state index contributed by atoms with van der Waals surface area (Å²) in [5.41, 5.74) is 0.810. The van der Waals surface area contributed by atoms with Crippen LogP contribution in [0.5, 0.6) is 0 Å². The summed E-state index contributed by atoms with van der Waals surface area (Å²) in [6.07, 6.45) is 2.74. The number of aryl methyl sites for hydroxylation is 1. The van der Waals surface area contributed by atoms with E-state index in [1.165, 1.54) is 4.88 Å². The van der Waals surface area contributed by atoms with Gasteiger partial charge in [-0.1, -0.05) is 28.9 Å². The van der Waals surface area contributed by atoms with E-state index in [0.717, 1.165) is 30.1 Å². The highest BCUT2D eigenvalue weighted by Gasteiger charge is 2.09. The van der Waals surface area contributed by atoms with Crippen LogP contribution in [0.15, 0.2) is 40.0 Å². The maximum absolute atomic E-state index is 6.00. The maximum Gasteiger partial charge on any atom is 0.248 e. The van der Waals surface area contributed by atoms with Gasteiger partial charge in [0.1, 0.15) is 6.54 Å². The first-order valence-corrected chi connectivity index (χ1v) is 9.85. The molecule has 3 aromatic rings. The predicted molar refractivity (Wildman–Crippen MR) is 108 cm³/mol. The van der Waals surface area contributed by atoms with Gasteiger partial charge < -0.3 is 15.2 Å². The zero-order valence-corrected chi connectivity index (χ0v) is 16.8. The Hall–Kier alpha value is -2.45. The van der Waals surface area contributed by atoms with Crippen LogP contribution in [-0.4, -0.2) is 34.2 Å². The minimum absolute atomic E-state index is 0.291. The number of benzene rings is 1. The van der Waals surface area contributed by atoms with Crippen molar-refractivity contribution in [3.63, 3.8) is 0 Å². The first kappa shape index (κ1) is 19.3. The van der Waals surface area contributed by atoms with Crippen molar-refractivity contribution < 1.29 is 4.52 Å². The van der Waals surface area contributed by atoms with E-state index in [-0.39, 0.29) is 0 Å². The summed E-state index contributed by atoms with van der Waals surface area (Å²) in [6, 6.07) is 7.34. The molecule has 0 aliphatic rings. The van der Waals surface area contributed by atoms with E-state index in [1.54, 1.807) is 23.5 Å². The lowest BCUT2D eigenvalue weighted by Crippen LogP contribution is -2.38. The van der Waals surface area contributed by atoms with Crippen LogP contribution < -0.4 is 10.6 Å². The maximum atomic E-state index is 6.00. The molecular formula is C18H21ClN6OS. The zero-order chi connectivity index (χ0) is 19.1. The van der Waals surface area contributed by atoms with Crippen LogP contribution in [0.3, 0.4) is 0 Å². The van der Waals surface area contributed by atoms with Crippen molar-refractivity contribution in [1.82, 2.24) is 25.8 Å². The van der Waals surface area contributed by atoms with Crippen LogP contribution in [0.25, 0.3) is 11.4 Å². The van der Waals surface area contributed by atoms with Crippen molar-refractivity contribution in [2.45, 2.75) is 26.8 Å². The molecule has 0 radical (unpaired) electrons. The first-order chi connectivity index (χ1) is 13.1. The van der Waals surface area contributed by atoms with Crippen LogP contribution in [0.1, 0.15) is 22.7 Å².